The van der Waals surface area contributed by atoms with Crippen LogP contribution in [0.15, 0.2) is 64.7 Å². The lowest BCUT2D eigenvalue weighted by atomic mass is 9.92. The van der Waals surface area contributed by atoms with Crippen molar-refractivity contribution in [1.82, 2.24) is 9.91 Å². The van der Waals surface area contributed by atoms with Crippen LogP contribution in [0.2, 0.25) is 0 Å². The van der Waals surface area contributed by atoms with Crippen molar-refractivity contribution in [3.05, 3.63) is 71.3 Å². The molecule has 0 saturated heterocycles. The number of hydrazone groups is 1. The first kappa shape index (κ1) is 14.6. The average molecular weight is 318 g/mol. The van der Waals surface area contributed by atoms with Crippen LogP contribution >= 0.6 is 0 Å². The SMILES string of the molecule is CN1CCN=C1N1N=Cc2ccccc2C1C(=O)c1ccccc1. The number of carbonyl (C=O) groups excluding carboxylic acids is 1. The zero-order valence-corrected chi connectivity index (χ0v) is 13.5. The van der Waals surface area contributed by atoms with Gasteiger partial charge in [0.05, 0.1) is 12.8 Å². The molecule has 0 bridgehead atoms. The Bertz CT molecular complexity index is 828. The third-order valence-corrected chi connectivity index (χ3v) is 4.40. The van der Waals surface area contributed by atoms with Crippen LogP contribution in [0.4, 0.5) is 0 Å². The van der Waals surface area contributed by atoms with Crippen molar-refractivity contribution in [3.8, 4) is 0 Å². The van der Waals surface area contributed by atoms with E-state index < -0.39 is 6.04 Å². The number of fused-ring (bicyclic) bond motifs is 1. The van der Waals surface area contributed by atoms with E-state index in [1.807, 2.05) is 66.5 Å². The molecule has 2 heterocycles. The van der Waals surface area contributed by atoms with E-state index in [1.165, 1.54) is 0 Å². The summed E-state index contributed by atoms with van der Waals surface area (Å²) in [5.74, 6) is 0.776. The Balaban J connectivity index is 1.81. The van der Waals surface area contributed by atoms with Gasteiger partial charge in [-0.3, -0.25) is 4.79 Å². The fourth-order valence-electron chi connectivity index (χ4n) is 3.15. The minimum Gasteiger partial charge on any atom is -0.343 e. The number of carbonyl (C=O) groups is 1. The number of aliphatic imine (C=N–C) groups is 1. The highest BCUT2D eigenvalue weighted by Crippen LogP contribution is 2.32. The second-order valence-corrected chi connectivity index (χ2v) is 5.95. The average Bonchev–Trinajstić information content (AvgIpc) is 3.06. The third-order valence-electron chi connectivity index (χ3n) is 4.40. The molecule has 5 nitrogen and oxygen atoms in total. The largest absolute Gasteiger partial charge is 0.343 e. The van der Waals surface area contributed by atoms with E-state index >= 15 is 0 Å². The highest BCUT2D eigenvalue weighted by atomic mass is 16.1. The monoisotopic (exact) mass is 318 g/mol. The van der Waals surface area contributed by atoms with Gasteiger partial charge in [0.25, 0.3) is 0 Å². The maximum atomic E-state index is 13.2. The van der Waals surface area contributed by atoms with E-state index in [-0.39, 0.29) is 5.78 Å². The van der Waals surface area contributed by atoms with Crippen LogP contribution in [0.25, 0.3) is 0 Å². The van der Waals surface area contributed by atoms with E-state index in [9.17, 15) is 4.79 Å². The van der Waals surface area contributed by atoms with Gasteiger partial charge in [0.2, 0.25) is 5.96 Å². The number of nitrogens with zero attached hydrogens (tertiary/aromatic N) is 4. The fourth-order valence-corrected chi connectivity index (χ4v) is 3.15. The molecule has 1 unspecified atom stereocenters. The molecule has 4 rings (SSSR count). The highest BCUT2D eigenvalue weighted by Gasteiger charge is 2.36. The summed E-state index contributed by atoms with van der Waals surface area (Å²) < 4.78 is 0. The molecule has 0 amide bonds. The number of hydrogen-bond acceptors (Lipinski definition) is 5. The zero-order chi connectivity index (χ0) is 16.5. The molecule has 0 spiro atoms. The van der Waals surface area contributed by atoms with Crippen LogP contribution in [-0.4, -0.2) is 48.0 Å². The summed E-state index contributed by atoms with van der Waals surface area (Å²) in [4.78, 5) is 19.8. The van der Waals surface area contributed by atoms with Crippen molar-refractivity contribution >= 4 is 18.0 Å². The van der Waals surface area contributed by atoms with E-state index in [0.717, 1.165) is 30.2 Å². The van der Waals surface area contributed by atoms with Crippen molar-refractivity contribution in [1.29, 1.82) is 0 Å². The van der Waals surface area contributed by atoms with E-state index in [4.69, 9.17) is 0 Å². The van der Waals surface area contributed by atoms with Crippen LogP contribution in [0.3, 0.4) is 0 Å². The lowest BCUT2D eigenvalue weighted by Gasteiger charge is -2.34. The molecule has 2 aliphatic heterocycles. The molecule has 0 aromatic heterocycles. The molecule has 0 N–H and O–H groups in total. The summed E-state index contributed by atoms with van der Waals surface area (Å²) in [6.07, 6.45) is 1.80. The standard InChI is InChI=1S/C19H18N4O/c1-22-12-11-20-19(22)23-17(18(24)14-7-3-2-4-8-14)16-10-6-5-9-15(16)13-21-23/h2-10,13,17H,11-12H2,1H3. The van der Waals surface area contributed by atoms with E-state index in [1.54, 1.807) is 11.2 Å². The van der Waals surface area contributed by atoms with Gasteiger partial charge in [0.15, 0.2) is 5.78 Å². The van der Waals surface area contributed by atoms with Gasteiger partial charge in [-0.25, -0.2) is 10.0 Å². The number of likely N-dealkylation sites (N-methyl/N-ethyl adjacent to an activating group) is 1. The lowest BCUT2D eigenvalue weighted by molar-refractivity contribution is 0.0879. The molecule has 2 aromatic rings. The van der Waals surface area contributed by atoms with E-state index in [2.05, 4.69) is 10.1 Å². The molecule has 0 radical (unpaired) electrons. The van der Waals surface area contributed by atoms with Crippen LogP contribution < -0.4 is 0 Å². The third kappa shape index (κ3) is 2.38. The molecule has 24 heavy (non-hydrogen) atoms. The number of ketones is 1. The van der Waals surface area contributed by atoms with Crippen LogP contribution in [0, 0.1) is 0 Å². The molecule has 2 aromatic carbocycles. The molecule has 0 aliphatic carbocycles. The van der Waals surface area contributed by atoms with Crippen LogP contribution in [-0.2, 0) is 0 Å². The van der Waals surface area contributed by atoms with Crippen molar-refractivity contribution in [2.45, 2.75) is 6.04 Å². The molecule has 1 atom stereocenters. The summed E-state index contributed by atoms with van der Waals surface area (Å²) in [6, 6.07) is 16.8. The van der Waals surface area contributed by atoms with Crippen molar-refractivity contribution in [3.63, 3.8) is 0 Å². The fraction of sp³-hybridized carbons (Fsp3) is 0.211. The molecule has 2 aliphatic rings. The van der Waals surface area contributed by atoms with Gasteiger partial charge in [-0.2, -0.15) is 5.10 Å². The first-order chi connectivity index (χ1) is 11.8. The Morgan fingerprint density at radius 2 is 1.83 bits per heavy atom. The van der Waals surface area contributed by atoms with Gasteiger partial charge in [0.1, 0.15) is 6.04 Å². The number of hydrogen-bond donors (Lipinski definition) is 0. The Hall–Kier alpha value is -2.95. The molecule has 120 valence electrons. The number of Topliss-reactive ketones (excluding diaryl/α,β-unsaturated/α-hetero) is 1. The second kappa shape index (κ2) is 5.92. The minimum absolute atomic E-state index is 0.0305. The highest BCUT2D eigenvalue weighted by molar-refractivity contribution is 6.05. The first-order valence-electron chi connectivity index (χ1n) is 8.03. The minimum atomic E-state index is -0.493. The van der Waals surface area contributed by atoms with Gasteiger partial charge in [-0.1, -0.05) is 54.6 Å². The molecular weight excluding hydrogens is 300 g/mol. The summed E-state index contributed by atoms with van der Waals surface area (Å²) >= 11 is 0. The Kier molecular flexibility index (Phi) is 3.61. The van der Waals surface area contributed by atoms with Crippen LogP contribution in [0.5, 0.6) is 0 Å². The van der Waals surface area contributed by atoms with Gasteiger partial charge in [-0.05, 0) is 5.56 Å². The maximum absolute atomic E-state index is 13.2. The van der Waals surface area contributed by atoms with E-state index in [0.29, 0.717) is 5.56 Å². The van der Waals surface area contributed by atoms with Gasteiger partial charge >= 0.3 is 0 Å². The van der Waals surface area contributed by atoms with Crippen molar-refractivity contribution < 1.29 is 4.79 Å². The van der Waals surface area contributed by atoms with Gasteiger partial charge in [0, 0.05) is 24.7 Å². The normalized spacial score (nSPS) is 19.2. The zero-order valence-electron chi connectivity index (χ0n) is 13.5. The van der Waals surface area contributed by atoms with Crippen molar-refractivity contribution in [2.75, 3.05) is 20.1 Å². The maximum Gasteiger partial charge on any atom is 0.218 e. The first-order valence-corrected chi connectivity index (χ1v) is 8.03. The lowest BCUT2D eigenvalue weighted by Crippen LogP contribution is -2.43. The number of guanidine groups is 1. The molecule has 5 heteroatoms. The quantitative estimate of drug-likeness (QED) is 0.800. The molecule has 0 saturated carbocycles. The Labute approximate surface area is 140 Å². The predicted molar refractivity (Wildman–Crippen MR) is 94.3 cm³/mol. The summed E-state index contributed by atoms with van der Waals surface area (Å²) in [5.41, 5.74) is 2.62. The Morgan fingerprint density at radius 3 is 2.58 bits per heavy atom. The topological polar surface area (TPSA) is 48.3 Å². The second-order valence-electron chi connectivity index (χ2n) is 5.95. The summed E-state index contributed by atoms with van der Waals surface area (Å²) in [6.45, 7) is 1.57. The molecule has 0 fully saturated rings. The van der Waals surface area contributed by atoms with Gasteiger partial charge in [-0.15, -0.1) is 0 Å². The van der Waals surface area contributed by atoms with Gasteiger partial charge < -0.3 is 4.90 Å². The Morgan fingerprint density at radius 1 is 1.08 bits per heavy atom. The predicted octanol–water partition coefficient (Wildman–Crippen LogP) is 2.56. The van der Waals surface area contributed by atoms with Crippen molar-refractivity contribution in [2.24, 2.45) is 10.1 Å². The van der Waals surface area contributed by atoms with Crippen LogP contribution in [0.1, 0.15) is 27.5 Å². The summed E-state index contributed by atoms with van der Waals surface area (Å²) in [5, 5.41) is 6.30. The summed E-state index contributed by atoms with van der Waals surface area (Å²) in [7, 11) is 1.98. The number of rotatable bonds is 2. The molecular formula is C19H18N4O. The smallest absolute Gasteiger partial charge is 0.218 e. The number of benzene rings is 2.